The van der Waals surface area contributed by atoms with Crippen molar-refractivity contribution in [1.82, 2.24) is 0 Å². The van der Waals surface area contributed by atoms with Crippen LogP contribution in [0.3, 0.4) is 0 Å². The zero-order chi connectivity index (χ0) is 23.5. The first-order valence-corrected chi connectivity index (χ1v) is 12.9. The van der Waals surface area contributed by atoms with Gasteiger partial charge in [0.2, 0.25) is 0 Å². The summed E-state index contributed by atoms with van der Waals surface area (Å²) >= 11 is 0. The topological polar surface area (TPSA) is 52.6 Å². The molecule has 0 spiro atoms. The number of unbranched alkanes of at least 4 members (excludes halogenated alkanes) is 9. The van der Waals surface area contributed by atoms with Gasteiger partial charge in [0.25, 0.3) is 0 Å². The van der Waals surface area contributed by atoms with Crippen molar-refractivity contribution in [2.75, 3.05) is 13.2 Å². The van der Waals surface area contributed by atoms with E-state index in [4.69, 9.17) is 9.47 Å². The van der Waals surface area contributed by atoms with Crippen LogP contribution in [0, 0.1) is 11.8 Å². The van der Waals surface area contributed by atoms with E-state index in [-0.39, 0.29) is 23.8 Å². The lowest BCUT2D eigenvalue weighted by molar-refractivity contribution is -0.143. The second kappa shape index (κ2) is 19.4. The molecule has 0 saturated heterocycles. The van der Waals surface area contributed by atoms with E-state index < -0.39 is 0 Å². The molecule has 182 valence electrons. The molecule has 0 atom stereocenters. The lowest BCUT2D eigenvalue weighted by atomic mass is 9.96. The van der Waals surface area contributed by atoms with Gasteiger partial charge in [0.15, 0.2) is 0 Å². The summed E-state index contributed by atoms with van der Waals surface area (Å²) in [7, 11) is 0. The highest BCUT2D eigenvalue weighted by atomic mass is 16.5. The van der Waals surface area contributed by atoms with Crippen LogP contribution in [0.4, 0.5) is 0 Å². The van der Waals surface area contributed by atoms with Crippen molar-refractivity contribution in [2.24, 2.45) is 11.8 Å². The van der Waals surface area contributed by atoms with Gasteiger partial charge < -0.3 is 9.47 Å². The van der Waals surface area contributed by atoms with Gasteiger partial charge in [-0.2, -0.15) is 0 Å². The molecular weight excluding hydrogens is 388 g/mol. The maximum atomic E-state index is 12.9. The number of esters is 2. The van der Waals surface area contributed by atoms with E-state index in [0.29, 0.717) is 37.2 Å². The summed E-state index contributed by atoms with van der Waals surface area (Å²) in [6.45, 7) is 13.3. The quantitative estimate of drug-likeness (QED) is 0.117. The van der Waals surface area contributed by atoms with Crippen LogP contribution < -0.4 is 0 Å². The van der Waals surface area contributed by atoms with Gasteiger partial charge in [0, 0.05) is 11.1 Å². The van der Waals surface area contributed by atoms with E-state index in [1.807, 2.05) is 27.7 Å². The lowest BCUT2D eigenvalue weighted by Gasteiger charge is -2.16. The number of ether oxygens (including phenoxy) is 2. The summed E-state index contributed by atoms with van der Waals surface area (Å²) in [5, 5.41) is 0. The van der Waals surface area contributed by atoms with Crippen molar-refractivity contribution < 1.29 is 19.1 Å². The van der Waals surface area contributed by atoms with Gasteiger partial charge in [-0.1, -0.05) is 99.3 Å². The Morgan fingerprint density at radius 2 is 0.871 bits per heavy atom. The predicted molar refractivity (Wildman–Crippen MR) is 130 cm³/mol. The maximum absolute atomic E-state index is 12.9. The summed E-state index contributed by atoms with van der Waals surface area (Å²) in [6.07, 6.45) is 13.6. The Bertz CT molecular complexity index is 505. The zero-order valence-corrected chi connectivity index (χ0v) is 21.4. The van der Waals surface area contributed by atoms with Gasteiger partial charge in [-0.3, -0.25) is 0 Å². The van der Waals surface area contributed by atoms with Crippen molar-refractivity contribution in [3.8, 4) is 0 Å². The SMILES string of the molecule is CCCCCCCC/C(C(=O)OCC(C)C)=C(\CCCCCCC)C(=O)OCC(C)C. The fourth-order valence-electron chi connectivity index (χ4n) is 3.40. The standard InChI is InChI=1S/C27H50O4/c1-7-9-11-13-15-17-19-25(27(29)31-21-23(5)6)24(18-16-14-12-10-8-2)26(28)30-20-22(3)4/h22-23H,7-21H2,1-6H3/b25-24-. The molecule has 0 aromatic heterocycles. The molecule has 0 heterocycles. The summed E-state index contributed by atoms with van der Waals surface area (Å²) in [4.78, 5) is 25.9. The molecule has 0 saturated carbocycles. The minimum Gasteiger partial charge on any atom is -0.462 e. The molecule has 0 radical (unpaired) electrons. The monoisotopic (exact) mass is 438 g/mol. The largest absolute Gasteiger partial charge is 0.462 e. The van der Waals surface area contributed by atoms with Crippen LogP contribution in [-0.2, 0) is 19.1 Å². The van der Waals surface area contributed by atoms with Gasteiger partial charge in [-0.05, 0) is 37.5 Å². The molecule has 0 rings (SSSR count). The average Bonchev–Trinajstić information content (AvgIpc) is 2.73. The average molecular weight is 439 g/mol. The molecule has 0 aliphatic rings. The number of rotatable bonds is 19. The number of carbonyl (C=O) groups is 2. The second-order valence-corrected chi connectivity index (χ2v) is 9.62. The molecule has 0 aromatic rings. The number of hydrogen-bond acceptors (Lipinski definition) is 4. The normalized spacial score (nSPS) is 12.3. The van der Waals surface area contributed by atoms with Gasteiger partial charge >= 0.3 is 11.9 Å². The molecule has 0 N–H and O–H groups in total. The molecule has 4 nitrogen and oxygen atoms in total. The fourth-order valence-corrected chi connectivity index (χ4v) is 3.40. The third-order valence-electron chi connectivity index (χ3n) is 5.26. The molecule has 0 aliphatic carbocycles. The van der Waals surface area contributed by atoms with E-state index in [0.717, 1.165) is 32.1 Å². The second-order valence-electron chi connectivity index (χ2n) is 9.62. The van der Waals surface area contributed by atoms with E-state index in [1.165, 1.54) is 38.5 Å². The van der Waals surface area contributed by atoms with Crippen LogP contribution in [0.15, 0.2) is 11.1 Å². The third-order valence-corrected chi connectivity index (χ3v) is 5.26. The van der Waals surface area contributed by atoms with E-state index in [2.05, 4.69) is 13.8 Å². The van der Waals surface area contributed by atoms with Crippen molar-refractivity contribution >= 4 is 11.9 Å². The molecule has 0 bridgehead atoms. The highest BCUT2D eigenvalue weighted by molar-refractivity contribution is 6.00. The molecule has 31 heavy (non-hydrogen) atoms. The van der Waals surface area contributed by atoms with Crippen molar-refractivity contribution in [3.05, 3.63) is 11.1 Å². The number of hydrogen-bond donors (Lipinski definition) is 0. The van der Waals surface area contributed by atoms with Crippen LogP contribution in [0.1, 0.15) is 125 Å². The van der Waals surface area contributed by atoms with Gasteiger partial charge in [0.05, 0.1) is 13.2 Å². The summed E-state index contributed by atoms with van der Waals surface area (Å²) in [5.74, 6) is -0.117. The predicted octanol–water partition coefficient (Wildman–Crippen LogP) is 7.79. The molecular formula is C27H50O4. The molecule has 0 aliphatic heterocycles. The highest BCUT2D eigenvalue weighted by Crippen LogP contribution is 2.23. The van der Waals surface area contributed by atoms with Gasteiger partial charge in [-0.15, -0.1) is 0 Å². The highest BCUT2D eigenvalue weighted by Gasteiger charge is 2.23. The van der Waals surface area contributed by atoms with Crippen LogP contribution >= 0.6 is 0 Å². The van der Waals surface area contributed by atoms with Crippen LogP contribution in [0.2, 0.25) is 0 Å². The van der Waals surface area contributed by atoms with E-state index in [9.17, 15) is 9.59 Å². The minimum absolute atomic E-state index is 0.268. The van der Waals surface area contributed by atoms with E-state index in [1.54, 1.807) is 0 Å². The van der Waals surface area contributed by atoms with Gasteiger partial charge in [0.1, 0.15) is 0 Å². The first kappa shape index (κ1) is 29.7. The molecule has 0 fully saturated rings. The molecule has 0 amide bonds. The summed E-state index contributed by atoms with van der Waals surface area (Å²) < 4.78 is 11.1. The number of carbonyl (C=O) groups excluding carboxylic acids is 2. The Balaban J connectivity index is 5.39. The first-order chi connectivity index (χ1) is 14.8. The van der Waals surface area contributed by atoms with Crippen LogP contribution in [0.5, 0.6) is 0 Å². The van der Waals surface area contributed by atoms with E-state index >= 15 is 0 Å². The van der Waals surface area contributed by atoms with Crippen molar-refractivity contribution in [1.29, 1.82) is 0 Å². The van der Waals surface area contributed by atoms with Crippen molar-refractivity contribution in [3.63, 3.8) is 0 Å². The molecule has 0 unspecified atom stereocenters. The van der Waals surface area contributed by atoms with Crippen molar-refractivity contribution in [2.45, 2.75) is 125 Å². The Morgan fingerprint density at radius 3 is 1.19 bits per heavy atom. The third kappa shape index (κ3) is 16.0. The van der Waals surface area contributed by atoms with Crippen LogP contribution in [-0.4, -0.2) is 25.2 Å². The maximum Gasteiger partial charge on any atom is 0.334 e. The molecule has 4 heteroatoms. The summed E-state index contributed by atoms with van der Waals surface area (Å²) in [5.41, 5.74) is 1.11. The molecule has 0 aromatic carbocycles. The first-order valence-electron chi connectivity index (χ1n) is 12.9. The van der Waals surface area contributed by atoms with Gasteiger partial charge in [-0.25, -0.2) is 9.59 Å². The Kier molecular flexibility index (Phi) is 18.5. The Morgan fingerprint density at radius 1 is 0.548 bits per heavy atom. The lowest BCUT2D eigenvalue weighted by Crippen LogP contribution is -2.20. The zero-order valence-electron chi connectivity index (χ0n) is 21.4. The smallest absolute Gasteiger partial charge is 0.334 e. The summed E-state index contributed by atoms with van der Waals surface area (Å²) in [6, 6.07) is 0. The van der Waals surface area contributed by atoms with Crippen LogP contribution in [0.25, 0.3) is 0 Å². The minimum atomic E-state index is -0.327. The Hall–Kier alpha value is -1.32. The Labute approximate surface area is 192 Å². The fraction of sp³-hybridized carbons (Fsp3) is 0.852.